The average Bonchev–Trinajstić information content (AvgIpc) is 2.78. The molecule has 0 spiro atoms. The molecule has 0 aliphatic heterocycles. The van der Waals surface area contributed by atoms with Crippen molar-refractivity contribution in [2.24, 2.45) is 5.10 Å². The smallest absolute Gasteiger partial charge is 0.273 e. The van der Waals surface area contributed by atoms with Crippen LogP contribution in [0, 0.1) is 0 Å². The summed E-state index contributed by atoms with van der Waals surface area (Å²) in [5.74, 6) is 0.478. The highest BCUT2D eigenvalue weighted by Gasteiger charge is 2.16. The zero-order chi connectivity index (χ0) is 21.3. The lowest BCUT2D eigenvalue weighted by atomic mass is 10.1. The number of benzene rings is 3. The van der Waals surface area contributed by atoms with E-state index in [0.29, 0.717) is 33.7 Å². The molecule has 0 saturated heterocycles. The zero-order valence-electron chi connectivity index (χ0n) is 16.3. The van der Waals surface area contributed by atoms with Crippen molar-refractivity contribution in [1.82, 2.24) is 5.43 Å². The van der Waals surface area contributed by atoms with Crippen molar-refractivity contribution in [2.75, 3.05) is 7.11 Å². The predicted octanol–water partition coefficient (Wildman–Crippen LogP) is 4.22. The number of hydrogen-bond acceptors (Lipinski definition) is 5. The largest absolute Gasteiger partial charge is 0.493 e. The number of aliphatic hydroxyl groups is 1. The van der Waals surface area contributed by atoms with Crippen molar-refractivity contribution in [3.8, 4) is 11.5 Å². The van der Waals surface area contributed by atoms with Crippen LogP contribution >= 0.6 is 15.9 Å². The number of carbonyl (C=O) groups excluding carboxylic acids is 1. The maximum absolute atomic E-state index is 12.1. The Labute approximate surface area is 183 Å². The molecule has 0 bridgehead atoms. The molecule has 30 heavy (non-hydrogen) atoms. The molecule has 0 aromatic heterocycles. The summed E-state index contributed by atoms with van der Waals surface area (Å²) >= 11 is 3.49. The van der Waals surface area contributed by atoms with Crippen LogP contribution in [0.5, 0.6) is 11.5 Å². The van der Waals surface area contributed by atoms with E-state index in [4.69, 9.17) is 9.47 Å². The van der Waals surface area contributed by atoms with Gasteiger partial charge in [0.2, 0.25) is 0 Å². The van der Waals surface area contributed by atoms with Crippen LogP contribution < -0.4 is 14.9 Å². The van der Waals surface area contributed by atoms with E-state index in [9.17, 15) is 9.90 Å². The lowest BCUT2D eigenvalue weighted by Gasteiger charge is -2.13. The van der Waals surface area contributed by atoms with Gasteiger partial charge in [0.1, 0.15) is 6.61 Å². The second-order valence-corrected chi connectivity index (χ2v) is 7.21. The highest BCUT2D eigenvalue weighted by molar-refractivity contribution is 9.10. The first-order valence-corrected chi connectivity index (χ1v) is 9.98. The number of halogens is 1. The Bertz CT molecular complexity index is 1010. The lowest BCUT2D eigenvalue weighted by molar-refractivity contribution is -0.129. The molecule has 7 heteroatoms. The summed E-state index contributed by atoms with van der Waals surface area (Å²) in [6.45, 7) is 0.399. The Balaban J connectivity index is 1.66. The number of aliphatic hydroxyl groups excluding tert-OH is 1. The quantitative estimate of drug-likeness (QED) is 0.383. The Kier molecular flexibility index (Phi) is 7.59. The van der Waals surface area contributed by atoms with Crippen LogP contribution in [-0.4, -0.2) is 24.3 Å². The Morgan fingerprint density at radius 1 is 1.13 bits per heavy atom. The number of nitrogens with zero attached hydrogens (tertiary/aromatic N) is 1. The fourth-order valence-electron chi connectivity index (χ4n) is 2.70. The fourth-order valence-corrected chi connectivity index (χ4v) is 3.28. The number of amides is 1. The molecule has 6 nitrogen and oxygen atoms in total. The van der Waals surface area contributed by atoms with E-state index in [0.717, 1.165) is 5.56 Å². The van der Waals surface area contributed by atoms with Crippen molar-refractivity contribution in [3.63, 3.8) is 0 Å². The maximum atomic E-state index is 12.1. The summed E-state index contributed by atoms with van der Waals surface area (Å²) < 4.78 is 12.0. The molecule has 3 aromatic rings. The number of rotatable bonds is 8. The third-order valence-electron chi connectivity index (χ3n) is 4.23. The molecule has 154 valence electrons. The van der Waals surface area contributed by atoms with E-state index >= 15 is 0 Å². The minimum atomic E-state index is -1.29. The second-order valence-electron chi connectivity index (χ2n) is 6.36. The van der Waals surface area contributed by atoms with Crippen molar-refractivity contribution < 1.29 is 19.4 Å². The molecule has 0 aliphatic carbocycles. The number of hydrazone groups is 1. The van der Waals surface area contributed by atoms with Crippen molar-refractivity contribution in [3.05, 3.63) is 94.0 Å². The summed E-state index contributed by atoms with van der Waals surface area (Å²) in [5.41, 5.74) is 4.56. The summed E-state index contributed by atoms with van der Waals surface area (Å²) in [5, 5.41) is 14.0. The molecule has 0 aliphatic rings. The van der Waals surface area contributed by atoms with Gasteiger partial charge in [0.15, 0.2) is 17.6 Å². The molecular weight excluding hydrogens is 448 g/mol. The number of methoxy groups -OCH3 is 1. The van der Waals surface area contributed by atoms with Crippen LogP contribution in [0.25, 0.3) is 0 Å². The van der Waals surface area contributed by atoms with Gasteiger partial charge in [-0.25, -0.2) is 5.43 Å². The number of nitrogens with one attached hydrogen (secondary N) is 1. The standard InChI is InChI=1S/C23H21BrN2O4/c1-29-20-13-17(12-19(24)22(20)30-15-16-8-4-2-5-9-16)14-25-26-23(28)21(27)18-10-6-3-7-11-18/h2-14,21,27H,15H2,1H3,(H,26,28)/b25-14-/t21-/m1/s1. The molecule has 0 saturated carbocycles. The van der Waals surface area contributed by atoms with Gasteiger partial charge < -0.3 is 14.6 Å². The highest BCUT2D eigenvalue weighted by atomic mass is 79.9. The third kappa shape index (κ3) is 5.68. The van der Waals surface area contributed by atoms with E-state index in [1.807, 2.05) is 36.4 Å². The molecule has 1 atom stereocenters. The van der Waals surface area contributed by atoms with Gasteiger partial charge in [0, 0.05) is 0 Å². The molecule has 0 unspecified atom stereocenters. The molecular formula is C23H21BrN2O4. The minimum Gasteiger partial charge on any atom is -0.493 e. The van der Waals surface area contributed by atoms with Gasteiger partial charge in [-0.05, 0) is 44.8 Å². The summed E-state index contributed by atoms with van der Waals surface area (Å²) in [6.07, 6.45) is 0.169. The topological polar surface area (TPSA) is 80.2 Å². The molecule has 0 fully saturated rings. The molecule has 3 aromatic carbocycles. The molecule has 0 radical (unpaired) electrons. The molecule has 2 N–H and O–H groups in total. The summed E-state index contributed by atoms with van der Waals surface area (Å²) in [7, 11) is 1.55. The highest BCUT2D eigenvalue weighted by Crippen LogP contribution is 2.36. The van der Waals surface area contributed by atoms with Crippen molar-refractivity contribution >= 4 is 28.1 Å². The van der Waals surface area contributed by atoms with Crippen LogP contribution in [0.3, 0.4) is 0 Å². The maximum Gasteiger partial charge on any atom is 0.273 e. The summed E-state index contributed by atoms with van der Waals surface area (Å²) in [4.78, 5) is 12.1. The predicted molar refractivity (Wildman–Crippen MR) is 119 cm³/mol. The lowest BCUT2D eigenvalue weighted by Crippen LogP contribution is -2.25. The number of carbonyl (C=O) groups is 1. The van der Waals surface area contributed by atoms with Crippen LogP contribution in [0.15, 0.2) is 82.4 Å². The Morgan fingerprint density at radius 3 is 2.47 bits per heavy atom. The number of ether oxygens (including phenoxy) is 2. The van der Waals surface area contributed by atoms with Gasteiger partial charge in [0.05, 0.1) is 17.8 Å². The first-order chi connectivity index (χ1) is 14.6. The van der Waals surface area contributed by atoms with E-state index in [1.54, 1.807) is 43.5 Å². The van der Waals surface area contributed by atoms with Gasteiger partial charge >= 0.3 is 0 Å². The normalized spacial score (nSPS) is 11.8. The fraction of sp³-hybridized carbons (Fsp3) is 0.130. The third-order valence-corrected chi connectivity index (χ3v) is 4.82. The monoisotopic (exact) mass is 468 g/mol. The minimum absolute atomic E-state index is 0.399. The summed E-state index contributed by atoms with van der Waals surface area (Å²) in [6, 6.07) is 22.0. The van der Waals surface area contributed by atoms with Gasteiger partial charge in [-0.3, -0.25) is 4.79 Å². The second kappa shape index (κ2) is 10.6. The zero-order valence-corrected chi connectivity index (χ0v) is 17.9. The molecule has 3 rings (SSSR count). The van der Waals surface area contributed by atoms with Crippen molar-refractivity contribution in [2.45, 2.75) is 12.7 Å². The average molecular weight is 469 g/mol. The number of hydrogen-bond donors (Lipinski definition) is 2. The first-order valence-electron chi connectivity index (χ1n) is 9.18. The van der Waals surface area contributed by atoms with Crippen LogP contribution in [0.2, 0.25) is 0 Å². The molecule has 1 amide bonds. The van der Waals surface area contributed by atoms with Crippen LogP contribution in [0.1, 0.15) is 22.8 Å². The van der Waals surface area contributed by atoms with Crippen LogP contribution in [-0.2, 0) is 11.4 Å². The SMILES string of the molecule is COc1cc(/C=N\NC(=O)[C@H](O)c2ccccc2)cc(Br)c1OCc1ccccc1. The van der Waals surface area contributed by atoms with Crippen LogP contribution in [0.4, 0.5) is 0 Å². The molecule has 0 heterocycles. The van der Waals surface area contributed by atoms with Crippen molar-refractivity contribution in [1.29, 1.82) is 0 Å². The van der Waals surface area contributed by atoms with Gasteiger partial charge in [0.25, 0.3) is 5.91 Å². The first kappa shape index (κ1) is 21.5. The van der Waals surface area contributed by atoms with E-state index < -0.39 is 12.0 Å². The van der Waals surface area contributed by atoms with Gasteiger partial charge in [-0.1, -0.05) is 60.7 Å². The van der Waals surface area contributed by atoms with E-state index in [2.05, 4.69) is 26.5 Å². The van der Waals surface area contributed by atoms with Gasteiger partial charge in [-0.2, -0.15) is 5.10 Å². The Morgan fingerprint density at radius 2 is 1.80 bits per heavy atom. The van der Waals surface area contributed by atoms with E-state index in [-0.39, 0.29) is 0 Å². The van der Waals surface area contributed by atoms with Gasteiger partial charge in [-0.15, -0.1) is 0 Å². The van der Waals surface area contributed by atoms with E-state index in [1.165, 1.54) is 6.21 Å². The Hall–Kier alpha value is -3.16.